The first-order chi connectivity index (χ1) is 18.4. The molecule has 38 heavy (non-hydrogen) atoms. The number of hydrogen-bond acceptors (Lipinski definition) is 7. The Labute approximate surface area is 221 Å². The van der Waals surface area contributed by atoms with Gasteiger partial charge < -0.3 is 5.32 Å². The summed E-state index contributed by atoms with van der Waals surface area (Å²) in [5.74, 6) is -0.448. The summed E-state index contributed by atoms with van der Waals surface area (Å²) >= 11 is 1.48. The van der Waals surface area contributed by atoms with Crippen LogP contribution >= 0.6 is 11.3 Å². The second-order valence-electron chi connectivity index (χ2n) is 8.94. The molecule has 1 fully saturated rings. The van der Waals surface area contributed by atoms with Crippen LogP contribution in [0.2, 0.25) is 0 Å². The molecule has 8 nitrogen and oxygen atoms in total. The summed E-state index contributed by atoms with van der Waals surface area (Å²) in [5.41, 5.74) is 2.82. The van der Waals surface area contributed by atoms with Crippen molar-refractivity contribution in [2.75, 3.05) is 18.4 Å². The Kier molecular flexibility index (Phi) is 6.38. The molecule has 0 spiro atoms. The molecule has 4 heterocycles. The average molecular weight is 553 g/mol. The van der Waals surface area contributed by atoms with Crippen molar-refractivity contribution in [3.8, 4) is 22.6 Å². The van der Waals surface area contributed by atoms with Crippen LogP contribution in [-0.2, 0) is 10.0 Å². The summed E-state index contributed by atoms with van der Waals surface area (Å²) in [5, 5.41) is 5.22. The highest BCUT2D eigenvalue weighted by atomic mass is 32.2. The van der Waals surface area contributed by atoms with Crippen LogP contribution in [0.4, 0.5) is 14.7 Å². The Balaban J connectivity index is 1.27. The number of nitrogens with zero attached hydrogens (tertiary/aromatic N) is 5. The van der Waals surface area contributed by atoms with Crippen LogP contribution in [0.15, 0.2) is 77.3 Å². The van der Waals surface area contributed by atoms with Gasteiger partial charge in [0.15, 0.2) is 4.96 Å². The minimum absolute atomic E-state index is 0.0617. The molecule has 1 atom stereocenters. The number of benzene rings is 2. The van der Waals surface area contributed by atoms with Crippen LogP contribution in [0.25, 0.3) is 27.6 Å². The molecule has 1 N–H and O–H groups in total. The normalized spacial score (nSPS) is 16.6. The number of sulfonamides is 1. The Bertz CT molecular complexity index is 1700. The molecule has 2 aromatic carbocycles. The molecule has 0 radical (unpaired) electrons. The number of piperidine rings is 1. The Hall–Kier alpha value is -3.74. The van der Waals surface area contributed by atoms with Crippen LogP contribution in [0.3, 0.4) is 0 Å². The highest BCUT2D eigenvalue weighted by Crippen LogP contribution is 2.34. The van der Waals surface area contributed by atoms with Crippen molar-refractivity contribution in [1.29, 1.82) is 0 Å². The lowest BCUT2D eigenvalue weighted by molar-refractivity contribution is 0.326. The third-order valence-corrected chi connectivity index (χ3v) is 9.08. The van der Waals surface area contributed by atoms with Crippen LogP contribution in [-0.4, -0.2) is 51.2 Å². The standard InChI is InChI=1S/C26H22F2N6O2S2/c27-18-5-3-17(4-6-18)23-24(34-14-15-37-26(34)32-23)22-11-12-29-25(31-22)30-20-2-1-13-33(16-20)38(35,36)21-9-7-19(28)8-10-21/h3-12,14-15,20H,1-2,13,16H2,(H,29,30,31)/t20-/m1/s1. The van der Waals surface area contributed by atoms with Gasteiger partial charge in [-0.15, -0.1) is 11.3 Å². The van der Waals surface area contributed by atoms with Gasteiger partial charge in [0.25, 0.3) is 0 Å². The van der Waals surface area contributed by atoms with Crippen LogP contribution in [0, 0.1) is 11.6 Å². The minimum Gasteiger partial charge on any atom is -0.350 e. The Morgan fingerprint density at radius 2 is 1.71 bits per heavy atom. The summed E-state index contributed by atoms with van der Waals surface area (Å²) in [6, 6.07) is 12.6. The first kappa shape index (κ1) is 24.6. The predicted molar refractivity (Wildman–Crippen MR) is 141 cm³/mol. The summed E-state index contributed by atoms with van der Waals surface area (Å²) < 4.78 is 56.4. The molecular formula is C26H22F2N6O2S2. The highest BCUT2D eigenvalue weighted by molar-refractivity contribution is 7.89. The molecule has 6 rings (SSSR count). The Morgan fingerprint density at radius 3 is 2.47 bits per heavy atom. The van der Waals surface area contributed by atoms with Gasteiger partial charge >= 0.3 is 0 Å². The first-order valence-electron chi connectivity index (χ1n) is 12.0. The summed E-state index contributed by atoms with van der Waals surface area (Å²) in [6.45, 7) is 0.612. The van der Waals surface area contributed by atoms with Crippen molar-refractivity contribution in [3.63, 3.8) is 0 Å². The lowest BCUT2D eigenvalue weighted by Gasteiger charge is -2.32. The largest absolute Gasteiger partial charge is 0.350 e. The second-order valence-corrected chi connectivity index (χ2v) is 11.7. The molecule has 0 aliphatic carbocycles. The molecule has 3 aromatic heterocycles. The topological polar surface area (TPSA) is 92.5 Å². The number of anilines is 1. The quantitative estimate of drug-likeness (QED) is 0.317. The molecule has 1 aliphatic heterocycles. The number of fused-ring (bicyclic) bond motifs is 1. The van der Waals surface area contributed by atoms with Crippen molar-refractivity contribution >= 4 is 32.3 Å². The van der Waals surface area contributed by atoms with Crippen molar-refractivity contribution < 1.29 is 17.2 Å². The van der Waals surface area contributed by atoms with E-state index in [0.29, 0.717) is 30.3 Å². The van der Waals surface area contributed by atoms with Crippen LogP contribution in [0.1, 0.15) is 12.8 Å². The number of thiazole rings is 1. The van der Waals surface area contributed by atoms with E-state index >= 15 is 0 Å². The van der Waals surface area contributed by atoms with Crippen molar-refractivity contribution in [3.05, 3.63) is 84.0 Å². The molecule has 194 valence electrons. The van der Waals surface area contributed by atoms with Gasteiger partial charge in [-0.25, -0.2) is 32.2 Å². The zero-order valence-corrected chi connectivity index (χ0v) is 21.6. The number of aromatic nitrogens is 4. The predicted octanol–water partition coefficient (Wildman–Crippen LogP) is 5.06. The summed E-state index contributed by atoms with van der Waals surface area (Å²) in [6.07, 6.45) is 4.95. The summed E-state index contributed by atoms with van der Waals surface area (Å²) in [4.78, 5) is 14.7. The minimum atomic E-state index is -3.76. The van der Waals surface area contributed by atoms with E-state index in [-0.39, 0.29) is 23.3 Å². The van der Waals surface area contributed by atoms with Crippen molar-refractivity contribution in [2.24, 2.45) is 0 Å². The maximum absolute atomic E-state index is 13.6. The Morgan fingerprint density at radius 1 is 0.974 bits per heavy atom. The second kappa shape index (κ2) is 9.86. The molecule has 5 aromatic rings. The fourth-order valence-electron chi connectivity index (χ4n) is 4.62. The molecule has 1 saturated heterocycles. The van der Waals surface area contributed by atoms with Gasteiger partial charge in [0, 0.05) is 42.5 Å². The third kappa shape index (κ3) is 4.66. The van der Waals surface area contributed by atoms with E-state index < -0.39 is 15.8 Å². The van der Waals surface area contributed by atoms with Gasteiger partial charge in [-0.3, -0.25) is 4.40 Å². The molecule has 0 bridgehead atoms. The number of nitrogens with one attached hydrogen (secondary N) is 1. The van der Waals surface area contributed by atoms with E-state index in [4.69, 9.17) is 9.97 Å². The number of hydrogen-bond donors (Lipinski definition) is 1. The molecule has 0 saturated carbocycles. The molecule has 1 aliphatic rings. The number of halogens is 2. The molecule has 12 heteroatoms. The molecule has 0 amide bonds. The maximum Gasteiger partial charge on any atom is 0.243 e. The van der Waals surface area contributed by atoms with E-state index in [1.807, 2.05) is 16.0 Å². The third-order valence-electron chi connectivity index (χ3n) is 6.45. The van der Waals surface area contributed by atoms with E-state index in [2.05, 4.69) is 10.3 Å². The maximum atomic E-state index is 13.6. The van der Waals surface area contributed by atoms with E-state index in [9.17, 15) is 17.2 Å². The fraction of sp³-hybridized carbons (Fsp3) is 0.192. The van der Waals surface area contributed by atoms with Gasteiger partial charge in [0.05, 0.1) is 16.3 Å². The number of imidazole rings is 1. The van der Waals surface area contributed by atoms with Crippen molar-refractivity contribution in [1.82, 2.24) is 23.7 Å². The lowest BCUT2D eigenvalue weighted by atomic mass is 10.1. The van der Waals surface area contributed by atoms with Gasteiger partial charge in [0.2, 0.25) is 16.0 Å². The zero-order chi connectivity index (χ0) is 26.3. The van der Waals surface area contributed by atoms with E-state index in [1.165, 1.54) is 39.9 Å². The lowest BCUT2D eigenvalue weighted by Crippen LogP contribution is -2.45. The van der Waals surface area contributed by atoms with Gasteiger partial charge in [-0.05, 0) is 67.4 Å². The highest BCUT2D eigenvalue weighted by Gasteiger charge is 2.30. The fourth-order valence-corrected chi connectivity index (χ4v) is 6.85. The SMILES string of the molecule is O=S(=O)(c1ccc(F)cc1)N1CCC[C@@H](Nc2nccc(-c3c(-c4ccc(F)cc4)nc4sccn34)n2)C1. The van der Waals surface area contributed by atoms with Gasteiger partial charge in [0.1, 0.15) is 17.3 Å². The van der Waals surface area contributed by atoms with Crippen LogP contribution < -0.4 is 5.32 Å². The summed E-state index contributed by atoms with van der Waals surface area (Å²) in [7, 11) is -3.76. The molecular weight excluding hydrogens is 530 g/mol. The van der Waals surface area contributed by atoms with Crippen molar-refractivity contribution in [2.45, 2.75) is 23.8 Å². The van der Waals surface area contributed by atoms with E-state index in [0.717, 1.165) is 34.8 Å². The first-order valence-corrected chi connectivity index (χ1v) is 14.3. The zero-order valence-electron chi connectivity index (χ0n) is 20.0. The monoisotopic (exact) mass is 552 g/mol. The van der Waals surface area contributed by atoms with Crippen LogP contribution in [0.5, 0.6) is 0 Å². The van der Waals surface area contributed by atoms with E-state index in [1.54, 1.807) is 24.4 Å². The number of rotatable bonds is 6. The molecule has 0 unspecified atom stereocenters. The average Bonchev–Trinajstić information content (AvgIpc) is 3.51. The van der Waals surface area contributed by atoms with Gasteiger partial charge in [-0.2, -0.15) is 4.31 Å². The van der Waals surface area contributed by atoms with Gasteiger partial charge in [-0.1, -0.05) is 0 Å². The smallest absolute Gasteiger partial charge is 0.243 e.